The minimum absolute atomic E-state index is 0.287. The number of amides is 1. The largest absolute Gasteiger partial charge is 0.387 e. The number of aliphatic hydroxyl groups is 1. The number of hydrogen-bond acceptors (Lipinski definition) is 3. The van der Waals surface area contributed by atoms with Gasteiger partial charge in [-0.05, 0) is 47.1 Å². The fourth-order valence-electron chi connectivity index (χ4n) is 1.82. The van der Waals surface area contributed by atoms with Gasteiger partial charge in [0.15, 0.2) is 0 Å². The van der Waals surface area contributed by atoms with E-state index in [1.807, 2.05) is 0 Å². The lowest BCUT2D eigenvalue weighted by atomic mass is 10.2. The minimum atomic E-state index is -0.413. The van der Waals surface area contributed by atoms with Gasteiger partial charge in [-0.15, -0.1) is 0 Å². The molecule has 0 saturated heterocycles. The van der Waals surface area contributed by atoms with Crippen LogP contribution in [0, 0.1) is 0 Å². The summed E-state index contributed by atoms with van der Waals surface area (Å²) in [4.78, 5) is 13.2. The summed E-state index contributed by atoms with van der Waals surface area (Å²) >= 11 is 0. The molecule has 0 spiro atoms. The molecular weight excluding hydrogens is 204 g/mol. The van der Waals surface area contributed by atoms with Gasteiger partial charge in [-0.2, -0.15) is 0 Å². The molecule has 16 heavy (non-hydrogen) atoms. The van der Waals surface area contributed by atoms with Crippen molar-refractivity contribution in [1.82, 2.24) is 10.2 Å². The zero-order chi connectivity index (χ0) is 12.6. The van der Waals surface area contributed by atoms with Crippen LogP contribution in [0.2, 0.25) is 0 Å². The van der Waals surface area contributed by atoms with Crippen molar-refractivity contribution < 1.29 is 9.90 Å². The molecule has 0 aliphatic rings. The molecule has 0 radical (unpaired) electrons. The predicted molar refractivity (Wildman–Crippen MR) is 66.3 cm³/mol. The van der Waals surface area contributed by atoms with Crippen molar-refractivity contribution in [3.05, 3.63) is 0 Å². The van der Waals surface area contributed by atoms with Gasteiger partial charge in [0.25, 0.3) is 0 Å². The Morgan fingerprint density at radius 2 is 1.75 bits per heavy atom. The maximum atomic E-state index is 10.8. The first-order valence-corrected chi connectivity index (χ1v) is 6.12. The number of nitrogens with one attached hydrogen (secondary N) is 1. The molecule has 0 heterocycles. The fourth-order valence-corrected chi connectivity index (χ4v) is 1.82. The van der Waals surface area contributed by atoms with E-state index in [9.17, 15) is 4.79 Å². The van der Waals surface area contributed by atoms with Crippen LogP contribution in [0.1, 0.15) is 40.5 Å². The highest BCUT2D eigenvalue weighted by Gasteiger charge is 2.11. The van der Waals surface area contributed by atoms with E-state index in [0.717, 1.165) is 19.4 Å². The highest BCUT2D eigenvalue weighted by atomic mass is 16.3. The van der Waals surface area contributed by atoms with Crippen LogP contribution in [0.3, 0.4) is 0 Å². The van der Waals surface area contributed by atoms with Gasteiger partial charge in [0, 0.05) is 18.6 Å². The topological polar surface area (TPSA) is 52.6 Å². The molecule has 0 atom stereocenters. The molecule has 0 fully saturated rings. The Kier molecular flexibility index (Phi) is 8.21. The zero-order valence-electron chi connectivity index (χ0n) is 11.0. The summed E-state index contributed by atoms with van der Waals surface area (Å²) in [6, 6.07) is 1.12. The first-order chi connectivity index (χ1) is 7.49. The van der Waals surface area contributed by atoms with Crippen molar-refractivity contribution in [3.8, 4) is 0 Å². The summed E-state index contributed by atoms with van der Waals surface area (Å²) < 4.78 is 0. The van der Waals surface area contributed by atoms with E-state index in [1.165, 1.54) is 0 Å². The first kappa shape index (κ1) is 15.4. The number of unbranched alkanes of at least 4 members (excludes halogenated alkanes) is 1. The average Bonchev–Trinajstić information content (AvgIpc) is 2.21. The van der Waals surface area contributed by atoms with Crippen LogP contribution in [-0.4, -0.2) is 47.7 Å². The number of carbonyl (C=O) groups excluding carboxylic acids is 1. The van der Waals surface area contributed by atoms with E-state index in [2.05, 4.69) is 37.9 Å². The molecule has 0 aliphatic heterocycles. The maximum absolute atomic E-state index is 10.8. The number of hydrogen-bond donors (Lipinski definition) is 2. The number of rotatable bonds is 8. The molecule has 0 unspecified atom stereocenters. The van der Waals surface area contributed by atoms with E-state index in [4.69, 9.17) is 5.11 Å². The molecule has 0 aromatic carbocycles. The van der Waals surface area contributed by atoms with Crippen molar-refractivity contribution in [1.29, 1.82) is 0 Å². The molecule has 0 aromatic heterocycles. The van der Waals surface area contributed by atoms with Gasteiger partial charge in [-0.3, -0.25) is 9.69 Å². The third-order valence-electron chi connectivity index (χ3n) is 2.64. The summed E-state index contributed by atoms with van der Waals surface area (Å²) in [5, 5.41) is 11.2. The molecule has 0 aliphatic carbocycles. The Hall–Kier alpha value is -0.610. The average molecular weight is 230 g/mol. The van der Waals surface area contributed by atoms with Crippen molar-refractivity contribution in [2.24, 2.45) is 0 Å². The Bertz CT molecular complexity index is 185. The van der Waals surface area contributed by atoms with Crippen molar-refractivity contribution in [2.75, 3.05) is 19.7 Å². The molecule has 0 aromatic rings. The van der Waals surface area contributed by atoms with Gasteiger partial charge in [0.05, 0.1) is 0 Å². The second kappa shape index (κ2) is 8.53. The summed E-state index contributed by atoms with van der Waals surface area (Å²) in [6.07, 6.45) is 2.03. The standard InChI is InChI=1S/C12H26N2O2/c1-10(2)14(11(3)4)8-6-5-7-13-12(16)9-15/h10-11,15H,5-9H2,1-4H3,(H,13,16). The van der Waals surface area contributed by atoms with Crippen LogP contribution < -0.4 is 5.32 Å². The third-order valence-corrected chi connectivity index (χ3v) is 2.64. The molecule has 4 heteroatoms. The molecule has 2 N–H and O–H groups in total. The highest BCUT2D eigenvalue weighted by molar-refractivity contribution is 5.76. The zero-order valence-corrected chi connectivity index (χ0v) is 11.0. The lowest BCUT2D eigenvalue weighted by Gasteiger charge is -2.30. The monoisotopic (exact) mass is 230 g/mol. The Labute approximate surface area is 99.0 Å². The summed E-state index contributed by atoms with van der Waals surface area (Å²) in [7, 11) is 0. The Morgan fingerprint density at radius 3 is 2.19 bits per heavy atom. The molecule has 0 saturated carbocycles. The van der Waals surface area contributed by atoms with Gasteiger partial charge in [-0.25, -0.2) is 0 Å². The van der Waals surface area contributed by atoms with Crippen LogP contribution >= 0.6 is 0 Å². The molecule has 0 bridgehead atoms. The molecular formula is C12H26N2O2. The van der Waals surface area contributed by atoms with Crippen molar-refractivity contribution >= 4 is 5.91 Å². The number of nitrogens with zero attached hydrogens (tertiary/aromatic N) is 1. The predicted octanol–water partition coefficient (Wildman–Crippen LogP) is 0.994. The normalized spacial score (nSPS) is 11.5. The quantitative estimate of drug-likeness (QED) is 0.612. The molecule has 0 rings (SSSR count). The van der Waals surface area contributed by atoms with Crippen LogP contribution in [0.5, 0.6) is 0 Å². The fraction of sp³-hybridized carbons (Fsp3) is 0.917. The van der Waals surface area contributed by atoms with Crippen LogP contribution in [-0.2, 0) is 4.79 Å². The Morgan fingerprint density at radius 1 is 1.19 bits per heavy atom. The van der Waals surface area contributed by atoms with E-state index in [1.54, 1.807) is 0 Å². The molecule has 4 nitrogen and oxygen atoms in total. The minimum Gasteiger partial charge on any atom is -0.387 e. The van der Waals surface area contributed by atoms with Gasteiger partial charge in [0.2, 0.25) is 5.91 Å². The molecule has 96 valence electrons. The summed E-state index contributed by atoms with van der Waals surface area (Å²) in [6.45, 7) is 10.1. The first-order valence-electron chi connectivity index (χ1n) is 6.12. The van der Waals surface area contributed by atoms with E-state index >= 15 is 0 Å². The number of carbonyl (C=O) groups is 1. The van der Waals surface area contributed by atoms with E-state index < -0.39 is 6.61 Å². The summed E-state index contributed by atoms with van der Waals surface area (Å²) in [5.74, 6) is -0.287. The van der Waals surface area contributed by atoms with Crippen LogP contribution in [0.15, 0.2) is 0 Å². The third kappa shape index (κ3) is 6.80. The van der Waals surface area contributed by atoms with Crippen molar-refractivity contribution in [3.63, 3.8) is 0 Å². The molecule has 1 amide bonds. The highest BCUT2D eigenvalue weighted by Crippen LogP contribution is 2.06. The second-order valence-corrected chi connectivity index (χ2v) is 4.64. The smallest absolute Gasteiger partial charge is 0.245 e. The lowest BCUT2D eigenvalue weighted by Crippen LogP contribution is -2.38. The lowest BCUT2D eigenvalue weighted by molar-refractivity contribution is -0.123. The Balaban J connectivity index is 3.59. The number of aliphatic hydroxyl groups excluding tert-OH is 1. The SMILES string of the molecule is CC(C)N(CCCCNC(=O)CO)C(C)C. The maximum Gasteiger partial charge on any atom is 0.245 e. The second-order valence-electron chi connectivity index (χ2n) is 4.64. The van der Waals surface area contributed by atoms with Crippen LogP contribution in [0.25, 0.3) is 0 Å². The van der Waals surface area contributed by atoms with Gasteiger partial charge >= 0.3 is 0 Å². The van der Waals surface area contributed by atoms with E-state index in [0.29, 0.717) is 18.6 Å². The van der Waals surface area contributed by atoms with Crippen LogP contribution in [0.4, 0.5) is 0 Å². The van der Waals surface area contributed by atoms with Gasteiger partial charge < -0.3 is 10.4 Å². The summed E-state index contributed by atoms with van der Waals surface area (Å²) in [5.41, 5.74) is 0. The van der Waals surface area contributed by atoms with Crippen molar-refractivity contribution in [2.45, 2.75) is 52.6 Å². The van der Waals surface area contributed by atoms with Gasteiger partial charge in [-0.1, -0.05) is 0 Å². The van der Waals surface area contributed by atoms with Gasteiger partial charge in [0.1, 0.15) is 6.61 Å². The van der Waals surface area contributed by atoms with E-state index in [-0.39, 0.29) is 5.91 Å².